The summed E-state index contributed by atoms with van der Waals surface area (Å²) in [6.07, 6.45) is 0.127. The summed E-state index contributed by atoms with van der Waals surface area (Å²) in [4.78, 5) is 23.8. The summed E-state index contributed by atoms with van der Waals surface area (Å²) in [7, 11) is 0. The molecule has 2 N–H and O–H groups in total. The van der Waals surface area contributed by atoms with Gasteiger partial charge in [-0.3, -0.25) is 9.59 Å². The van der Waals surface area contributed by atoms with Gasteiger partial charge in [-0.1, -0.05) is 45.2 Å². The lowest BCUT2D eigenvalue weighted by atomic mass is 10.1. The Hall–Kier alpha value is -1.56. The first-order chi connectivity index (χ1) is 11.3. The predicted molar refractivity (Wildman–Crippen MR) is 101 cm³/mol. The zero-order valence-corrected chi connectivity index (χ0v) is 15.9. The van der Waals surface area contributed by atoms with Gasteiger partial charge in [0.2, 0.25) is 11.8 Å². The Labute approximate surface area is 158 Å². The van der Waals surface area contributed by atoms with E-state index in [1.165, 1.54) is 0 Å². The second-order valence-electron chi connectivity index (χ2n) is 5.21. The van der Waals surface area contributed by atoms with Crippen LogP contribution < -0.4 is 10.6 Å². The summed E-state index contributed by atoms with van der Waals surface area (Å²) in [5, 5.41) is 6.14. The Bertz CT molecular complexity index is 716. The van der Waals surface area contributed by atoms with E-state index in [0.717, 1.165) is 15.6 Å². The molecule has 0 saturated carbocycles. The highest BCUT2D eigenvalue weighted by atomic mass is 79.9. The largest absolute Gasteiger partial charge is 0.347 e. The van der Waals surface area contributed by atoms with E-state index in [1.807, 2.05) is 19.1 Å². The topological polar surface area (TPSA) is 58.2 Å². The molecule has 2 rings (SSSR count). The molecule has 0 aliphatic rings. The third-order valence-electron chi connectivity index (χ3n) is 3.24. The van der Waals surface area contributed by atoms with E-state index in [-0.39, 0.29) is 24.8 Å². The summed E-state index contributed by atoms with van der Waals surface area (Å²) >= 11 is 15.1. The summed E-state index contributed by atoms with van der Waals surface area (Å²) in [6.45, 7) is 1.83. The number of rotatable bonds is 5. The Kier molecular flexibility index (Phi) is 6.66. The number of carbonyl (C=O) groups excluding carboxylic acids is 2. The van der Waals surface area contributed by atoms with Crippen LogP contribution in [0.1, 0.15) is 11.1 Å². The molecule has 2 amide bonds. The molecule has 0 heterocycles. The van der Waals surface area contributed by atoms with Crippen LogP contribution in [0.2, 0.25) is 10.0 Å². The molecular weight excluding hydrogens is 415 g/mol. The zero-order chi connectivity index (χ0) is 17.7. The molecule has 7 heteroatoms. The Morgan fingerprint density at radius 3 is 2.46 bits per heavy atom. The van der Waals surface area contributed by atoms with E-state index in [1.54, 1.807) is 24.3 Å². The molecule has 126 valence electrons. The molecule has 0 aliphatic heterocycles. The Balaban J connectivity index is 1.83. The van der Waals surface area contributed by atoms with Crippen molar-refractivity contribution in [3.8, 4) is 0 Å². The van der Waals surface area contributed by atoms with Crippen LogP contribution in [0.3, 0.4) is 0 Å². The average Bonchev–Trinajstić information content (AvgIpc) is 2.53. The van der Waals surface area contributed by atoms with Gasteiger partial charge in [0.25, 0.3) is 0 Å². The molecule has 0 unspecified atom stereocenters. The first kappa shape index (κ1) is 18.8. The minimum Gasteiger partial charge on any atom is -0.347 e. The lowest BCUT2D eigenvalue weighted by molar-refractivity contribution is -0.123. The standard InChI is InChI=1S/C17H15BrCl2N2O2/c1-10-6-12(3-4-13(10)18)22-17(24)9-21-16(23)8-11-2-5-14(19)15(20)7-11/h2-7H,8-9H2,1H3,(H,21,23)(H,22,24). The number of benzene rings is 2. The Morgan fingerprint density at radius 1 is 1.04 bits per heavy atom. The highest BCUT2D eigenvalue weighted by molar-refractivity contribution is 9.10. The molecule has 0 spiro atoms. The fraction of sp³-hybridized carbons (Fsp3) is 0.176. The number of carbonyl (C=O) groups is 2. The van der Waals surface area contributed by atoms with Crippen molar-refractivity contribution in [1.29, 1.82) is 0 Å². The molecule has 24 heavy (non-hydrogen) atoms. The van der Waals surface area contributed by atoms with Crippen LogP contribution in [0.5, 0.6) is 0 Å². The molecule has 0 radical (unpaired) electrons. The van der Waals surface area contributed by atoms with Gasteiger partial charge in [0.05, 0.1) is 23.0 Å². The monoisotopic (exact) mass is 428 g/mol. The fourth-order valence-corrected chi connectivity index (χ4v) is 2.57. The molecule has 2 aromatic carbocycles. The molecular formula is C17H15BrCl2N2O2. The van der Waals surface area contributed by atoms with Gasteiger partial charge in [0.15, 0.2) is 0 Å². The summed E-state index contributed by atoms with van der Waals surface area (Å²) in [6, 6.07) is 10.5. The first-order valence-corrected chi connectivity index (χ1v) is 8.66. The van der Waals surface area contributed by atoms with Crippen molar-refractivity contribution in [2.75, 3.05) is 11.9 Å². The lowest BCUT2D eigenvalue weighted by Crippen LogP contribution is -2.33. The number of nitrogens with one attached hydrogen (secondary N) is 2. The van der Waals surface area contributed by atoms with E-state index >= 15 is 0 Å². The number of amides is 2. The van der Waals surface area contributed by atoms with Crippen molar-refractivity contribution < 1.29 is 9.59 Å². The summed E-state index contributed by atoms with van der Waals surface area (Å²) < 4.78 is 0.968. The highest BCUT2D eigenvalue weighted by Gasteiger charge is 2.09. The normalized spacial score (nSPS) is 10.3. The van der Waals surface area contributed by atoms with Crippen LogP contribution in [-0.4, -0.2) is 18.4 Å². The molecule has 0 aromatic heterocycles. The second-order valence-corrected chi connectivity index (χ2v) is 6.88. The number of hydrogen-bond acceptors (Lipinski definition) is 2. The van der Waals surface area contributed by atoms with Crippen molar-refractivity contribution in [2.45, 2.75) is 13.3 Å². The van der Waals surface area contributed by atoms with Crippen molar-refractivity contribution in [1.82, 2.24) is 5.32 Å². The second kappa shape index (κ2) is 8.51. The maximum atomic E-state index is 11.9. The van der Waals surface area contributed by atoms with Gasteiger partial charge in [-0.05, 0) is 48.4 Å². The third kappa shape index (κ3) is 5.51. The molecule has 4 nitrogen and oxygen atoms in total. The molecule has 0 bridgehead atoms. The maximum Gasteiger partial charge on any atom is 0.243 e. The van der Waals surface area contributed by atoms with Crippen LogP contribution in [0, 0.1) is 6.92 Å². The van der Waals surface area contributed by atoms with Crippen LogP contribution in [0.25, 0.3) is 0 Å². The van der Waals surface area contributed by atoms with Gasteiger partial charge >= 0.3 is 0 Å². The van der Waals surface area contributed by atoms with Crippen LogP contribution in [0.15, 0.2) is 40.9 Å². The summed E-state index contributed by atoms with van der Waals surface area (Å²) in [5.41, 5.74) is 2.42. The lowest BCUT2D eigenvalue weighted by Gasteiger charge is -2.09. The molecule has 2 aromatic rings. The predicted octanol–water partition coefficient (Wildman–Crippen LogP) is 4.36. The van der Waals surface area contributed by atoms with Crippen LogP contribution in [-0.2, 0) is 16.0 Å². The molecule has 0 aliphatic carbocycles. The maximum absolute atomic E-state index is 11.9. The number of anilines is 1. The van der Waals surface area contributed by atoms with E-state index in [0.29, 0.717) is 15.7 Å². The van der Waals surface area contributed by atoms with E-state index in [9.17, 15) is 9.59 Å². The highest BCUT2D eigenvalue weighted by Crippen LogP contribution is 2.22. The van der Waals surface area contributed by atoms with Crippen molar-refractivity contribution in [2.24, 2.45) is 0 Å². The van der Waals surface area contributed by atoms with Crippen LogP contribution in [0.4, 0.5) is 5.69 Å². The van der Waals surface area contributed by atoms with Gasteiger partial charge in [-0.2, -0.15) is 0 Å². The molecule has 0 atom stereocenters. The number of aryl methyl sites for hydroxylation is 1. The van der Waals surface area contributed by atoms with Crippen LogP contribution >= 0.6 is 39.1 Å². The quantitative estimate of drug-likeness (QED) is 0.741. The first-order valence-electron chi connectivity index (χ1n) is 7.12. The zero-order valence-electron chi connectivity index (χ0n) is 12.8. The Morgan fingerprint density at radius 2 is 1.79 bits per heavy atom. The SMILES string of the molecule is Cc1cc(NC(=O)CNC(=O)Cc2ccc(Cl)c(Cl)c2)ccc1Br. The number of hydrogen-bond donors (Lipinski definition) is 2. The van der Waals surface area contributed by atoms with Crippen molar-refractivity contribution >= 4 is 56.6 Å². The molecule has 0 fully saturated rings. The fourth-order valence-electron chi connectivity index (χ4n) is 2.00. The van der Waals surface area contributed by atoms with Gasteiger partial charge in [0.1, 0.15) is 0 Å². The van der Waals surface area contributed by atoms with Crippen molar-refractivity contribution in [3.63, 3.8) is 0 Å². The van der Waals surface area contributed by atoms with Gasteiger partial charge < -0.3 is 10.6 Å². The number of halogens is 3. The average molecular weight is 430 g/mol. The van der Waals surface area contributed by atoms with Gasteiger partial charge in [-0.25, -0.2) is 0 Å². The van der Waals surface area contributed by atoms with E-state index < -0.39 is 0 Å². The van der Waals surface area contributed by atoms with E-state index in [4.69, 9.17) is 23.2 Å². The smallest absolute Gasteiger partial charge is 0.243 e. The van der Waals surface area contributed by atoms with Gasteiger partial charge in [0, 0.05) is 10.2 Å². The minimum atomic E-state index is -0.292. The molecule has 0 saturated heterocycles. The van der Waals surface area contributed by atoms with E-state index in [2.05, 4.69) is 26.6 Å². The summed E-state index contributed by atoms with van der Waals surface area (Å²) in [5.74, 6) is -0.560. The third-order valence-corrected chi connectivity index (χ3v) is 4.87. The van der Waals surface area contributed by atoms with Gasteiger partial charge in [-0.15, -0.1) is 0 Å². The van der Waals surface area contributed by atoms with Crippen molar-refractivity contribution in [3.05, 3.63) is 62.0 Å². The minimum absolute atomic E-state index is 0.102.